The van der Waals surface area contributed by atoms with E-state index in [4.69, 9.17) is 16.3 Å². The molecule has 0 unspecified atom stereocenters. The maximum atomic E-state index is 13.0. The summed E-state index contributed by atoms with van der Waals surface area (Å²) in [6.45, 7) is 0. The Morgan fingerprint density at radius 3 is 2.39 bits per heavy atom. The Kier molecular flexibility index (Phi) is 4.76. The van der Waals surface area contributed by atoms with E-state index in [1.165, 1.54) is 25.3 Å². The zero-order valence-corrected chi connectivity index (χ0v) is 13.3. The van der Waals surface area contributed by atoms with Crippen LogP contribution >= 0.6 is 11.6 Å². The van der Waals surface area contributed by atoms with Crippen molar-refractivity contribution in [2.75, 3.05) is 11.8 Å². The Bertz CT molecular complexity index is 822. The molecular weight excluding hydrogens is 355 g/mol. The van der Waals surface area contributed by atoms with Gasteiger partial charge in [-0.1, -0.05) is 23.7 Å². The maximum absolute atomic E-state index is 13.0. The van der Waals surface area contributed by atoms with Gasteiger partial charge in [0.2, 0.25) is 0 Å². The van der Waals surface area contributed by atoms with E-state index in [9.17, 15) is 21.6 Å². The standard InChI is InChI=1S/C14H11ClF3NO3S/c1-22-12-4-2-3-5-13(12)23(20,21)19-11-7-6-9(15)8-10(11)14(16,17)18/h2-8,19H,1H3. The highest BCUT2D eigenvalue weighted by molar-refractivity contribution is 7.92. The van der Waals surface area contributed by atoms with Gasteiger partial charge in [-0.05, 0) is 30.3 Å². The van der Waals surface area contributed by atoms with Crippen molar-refractivity contribution in [2.24, 2.45) is 0 Å². The van der Waals surface area contributed by atoms with Gasteiger partial charge < -0.3 is 4.74 Å². The molecule has 2 aromatic carbocycles. The van der Waals surface area contributed by atoms with Crippen molar-refractivity contribution >= 4 is 27.3 Å². The van der Waals surface area contributed by atoms with E-state index in [-0.39, 0.29) is 15.7 Å². The molecule has 1 N–H and O–H groups in total. The van der Waals surface area contributed by atoms with Gasteiger partial charge in [-0.3, -0.25) is 4.72 Å². The zero-order valence-electron chi connectivity index (χ0n) is 11.7. The largest absolute Gasteiger partial charge is 0.495 e. The lowest BCUT2D eigenvalue weighted by molar-refractivity contribution is -0.136. The minimum Gasteiger partial charge on any atom is -0.495 e. The molecule has 0 fully saturated rings. The Morgan fingerprint density at radius 2 is 1.78 bits per heavy atom. The first-order valence-electron chi connectivity index (χ1n) is 6.18. The average Bonchev–Trinajstić information content (AvgIpc) is 2.48. The van der Waals surface area contributed by atoms with Crippen molar-refractivity contribution in [3.05, 3.63) is 53.1 Å². The van der Waals surface area contributed by atoms with Gasteiger partial charge in [-0.2, -0.15) is 13.2 Å². The minimum absolute atomic E-state index is 0.0162. The molecule has 0 radical (unpaired) electrons. The summed E-state index contributed by atoms with van der Waals surface area (Å²) >= 11 is 5.56. The van der Waals surface area contributed by atoms with Crippen LogP contribution in [0.4, 0.5) is 18.9 Å². The third kappa shape index (κ3) is 3.89. The van der Waals surface area contributed by atoms with Gasteiger partial charge in [0.05, 0.1) is 18.4 Å². The van der Waals surface area contributed by atoms with Crippen LogP contribution in [0.1, 0.15) is 5.56 Å². The van der Waals surface area contributed by atoms with E-state index < -0.39 is 27.5 Å². The lowest BCUT2D eigenvalue weighted by Gasteiger charge is -2.16. The van der Waals surface area contributed by atoms with Gasteiger partial charge in [0, 0.05) is 5.02 Å². The van der Waals surface area contributed by atoms with Gasteiger partial charge in [0.15, 0.2) is 0 Å². The molecular formula is C14H11ClF3NO3S. The number of ether oxygens (including phenoxy) is 1. The number of hydrogen-bond donors (Lipinski definition) is 1. The number of halogens is 4. The SMILES string of the molecule is COc1ccccc1S(=O)(=O)Nc1ccc(Cl)cc1C(F)(F)F. The van der Waals surface area contributed by atoms with Crippen LogP contribution < -0.4 is 9.46 Å². The van der Waals surface area contributed by atoms with Gasteiger partial charge in [-0.15, -0.1) is 0 Å². The number of alkyl halides is 3. The Labute approximate surface area is 135 Å². The number of anilines is 1. The molecule has 9 heteroatoms. The fourth-order valence-electron chi connectivity index (χ4n) is 1.88. The topological polar surface area (TPSA) is 55.4 Å². The summed E-state index contributed by atoms with van der Waals surface area (Å²) < 4.78 is 70.7. The van der Waals surface area contributed by atoms with E-state index in [0.717, 1.165) is 12.1 Å². The van der Waals surface area contributed by atoms with Gasteiger partial charge in [0.1, 0.15) is 10.6 Å². The summed E-state index contributed by atoms with van der Waals surface area (Å²) in [5.41, 5.74) is -1.80. The average molecular weight is 366 g/mol. The molecule has 0 aromatic heterocycles. The summed E-state index contributed by atoms with van der Waals surface area (Å²) in [6.07, 6.45) is -4.76. The fourth-order valence-corrected chi connectivity index (χ4v) is 3.30. The number of benzene rings is 2. The molecule has 0 saturated carbocycles. The Hall–Kier alpha value is -1.93. The molecule has 4 nitrogen and oxygen atoms in total. The number of methoxy groups -OCH3 is 1. The van der Waals surface area contributed by atoms with Crippen LogP contribution in [0.5, 0.6) is 5.75 Å². The maximum Gasteiger partial charge on any atom is 0.418 e. The number of para-hydroxylation sites is 1. The molecule has 2 rings (SSSR count). The van der Waals surface area contributed by atoms with E-state index in [1.54, 1.807) is 6.07 Å². The van der Waals surface area contributed by atoms with Gasteiger partial charge in [-0.25, -0.2) is 8.42 Å². The summed E-state index contributed by atoms with van der Waals surface area (Å²) in [6, 6.07) is 8.37. The van der Waals surface area contributed by atoms with Crippen LogP contribution in [0, 0.1) is 0 Å². The predicted molar refractivity (Wildman–Crippen MR) is 80.3 cm³/mol. The molecule has 0 atom stereocenters. The second-order valence-electron chi connectivity index (χ2n) is 4.44. The van der Waals surface area contributed by atoms with Gasteiger partial charge >= 0.3 is 6.18 Å². The normalized spacial score (nSPS) is 12.0. The predicted octanol–water partition coefficient (Wildman–Crippen LogP) is 4.17. The van der Waals surface area contributed by atoms with Crippen LogP contribution in [-0.2, 0) is 16.2 Å². The van der Waals surface area contributed by atoms with Crippen molar-refractivity contribution in [3.8, 4) is 5.75 Å². The van der Waals surface area contributed by atoms with Crippen molar-refractivity contribution in [1.82, 2.24) is 0 Å². The molecule has 23 heavy (non-hydrogen) atoms. The second kappa shape index (κ2) is 6.29. The highest BCUT2D eigenvalue weighted by atomic mass is 35.5. The number of nitrogens with one attached hydrogen (secondary N) is 1. The third-order valence-corrected chi connectivity index (χ3v) is 4.53. The molecule has 0 aliphatic carbocycles. The molecule has 124 valence electrons. The van der Waals surface area contributed by atoms with Crippen LogP contribution in [0.3, 0.4) is 0 Å². The summed E-state index contributed by atoms with van der Waals surface area (Å²) in [5.74, 6) is 0.0162. The molecule has 0 spiro atoms. The molecule has 0 aliphatic heterocycles. The van der Waals surface area contributed by atoms with E-state index in [1.807, 2.05) is 4.72 Å². The van der Waals surface area contributed by atoms with Crippen molar-refractivity contribution < 1.29 is 26.3 Å². The summed E-state index contributed by atoms with van der Waals surface area (Å²) in [7, 11) is -3.01. The number of rotatable bonds is 4. The first kappa shape index (κ1) is 17.4. The van der Waals surface area contributed by atoms with Crippen molar-refractivity contribution in [1.29, 1.82) is 0 Å². The molecule has 0 heterocycles. The summed E-state index contributed by atoms with van der Waals surface area (Å²) in [4.78, 5) is -0.273. The minimum atomic E-state index is -4.76. The number of sulfonamides is 1. The summed E-state index contributed by atoms with van der Waals surface area (Å²) in [5, 5.41) is -0.155. The lowest BCUT2D eigenvalue weighted by atomic mass is 10.2. The first-order chi connectivity index (χ1) is 10.6. The van der Waals surface area contributed by atoms with E-state index in [2.05, 4.69) is 0 Å². The van der Waals surface area contributed by atoms with Crippen LogP contribution in [0.15, 0.2) is 47.4 Å². The molecule has 2 aromatic rings. The second-order valence-corrected chi connectivity index (χ2v) is 6.53. The van der Waals surface area contributed by atoms with E-state index >= 15 is 0 Å². The fraction of sp³-hybridized carbons (Fsp3) is 0.143. The van der Waals surface area contributed by atoms with Gasteiger partial charge in [0.25, 0.3) is 10.0 Å². The monoisotopic (exact) mass is 365 g/mol. The van der Waals surface area contributed by atoms with Crippen LogP contribution in [0.25, 0.3) is 0 Å². The molecule has 0 amide bonds. The third-order valence-electron chi connectivity index (χ3n) is 2.89. The zero-order chi connectivity index (χ0) is 17.3. The van der Waals surface area contributed by atoms with Crippen LogP contribution in [-0.4, -0.2) is 15.5 Å². The van der Waals surface area contributed by atoms with E-state index in [0.29, 0.717) is 6.07 Å². The Balaban J connectivity index is 2.50. The van der Waals surface area contributed by atoms with Crippen LogP contribution in [0.2, 0.25) is 5.02 Å². The first-order valence-corrected chi connectivity index (χ1v) is 8.04. The number of hydrogen-bond acceptors (Lipinski definition) is 3. The highest BCUT2D eigenvalue weighted by Crippen LogP contribution is 2.37. The highest BCUT2D eigenvalue weighted by Gasteiger charge is 2.35. The smallest absolute Gasteiger partial charge is 0.418 e. The molecule has 0 saturated heterocycles. The Morgan fingerprint density at radius 1 is 1.13 bits per heavy atom. The molecule has 0 aliphatic rings. The van der Waals surface area contributed by atoms with Crippen molar-refractivity contribution in [3.63, 3.8) is 0 Å². The lowest BCUT2D eigenvalue weighted by Crippen LogP contribution is -2.17. The molecule has 0 bridgehead atoms. The quantitative estimate of drug-likeness (QED) is 0.884. The van der Waals surface area contributed by atoms with Crippen molar-refractivity contribution in [2.45, 2.75) is 11.1 Å².